The number of nitrogens with one attached hydrogen (secondary N) is 1. The van der Waals surface area contributed by atoms with Crippen molar-refractivity contribution >= 4 is 10.0 Å². The van der Waals surface area contributed by atoms with Gasteiger partial charge in [-0.3, -0.25) is 0 Å². The van der Waals surface area contributed by atoms with Crippen molar-refractivity contribution in [1.29, 1.82) is 0 Å². The van der Waals surface area contributed by atoms with Gasteiger partial charge in [0.1, 0.15) is 16.5 Å². The molecule has 0 bridgehead atoms. The lowest BCUT2D eigenvalue weighted by atomic mass is 9.96. The molecule has 0 radical (unpaired) electrons. The van der Waals surface area contributed by atoms with Gasteiger partial charge in [0.15, 0.2) is 0 Å². The van der Waals surface area contributed by atoms with Crippen molar-refractivity contribution < 1.29 is 17.2 Å². The molecule has 2 rings (SSSR count). The number of halogens is 2. The summed E-state index contributed by atoms with van der Waals surface area (Å²) >= 11 is 0. The zero-order valence-electron chi connectivity index (χ0n) is 13.9. The van der Waals surface area contributed by atoms with Crippen molar-refractivity contribution in [1.82, 2.24) is 4.72 Å². The maximum absolute atomic E-state index is 13.7. The highest BCUT2D eigenvalue weighted by atomic mass is 32.2. The molecular formula is C18H21F2NO2S. The van der Waals surface area contributed by atoms with E-state index in [1.807, 2.05) is 24.3 Å². The van der Waals surface area contributed by atoms with E-state index in [9.17, 15) is 17.2 Å². The minimum Gasteiger partial charge on any atom is -0.207 e. The smallest absolute Gasteiger partial charge is 0.207 e. The van der Waals surface area contributed by atoms with Gasteiger partial charge in [0.05, 0.1) is 0 Å². The van der Waals surface area contributed by atoms with Gasteiger partial charge in [-0.2, -0.15) is 0 Å². The highest BCUT2D eigenvalue weighted by molar-refractivity contribution is 7.89. The Bertz CT molecular complexity index is 804. The van der Waals surface area contributed by atoms with Crippen LogP contribution in [0.25, 0.3) is 0 Å². The second kappa shape index (κ2) is 7.40. The van der Waals surface area contributed by atoms with Gasteiger partial charge in [0.25, 0.3) is 0 Å². The maximum atomic E-state index is 13.7. The van der Waals surface area contributed by atoms with Crippen LogP contribution < -0.4 is 4.72 Å². The third kappa shape index (κ3) is 4.19. The molecule has 0 heterocycles. The average Bonchev–Trinajstić information content (AvgIpc) is 2.53. The van der Waals surface area contributed by atoms with Gasteiger partial charge in [-0.1, -0.05) is 38.1 Å². The monoisotopic (exact) mass is 353 g/mol. The summed E-state index contributed by atoms with van der Waals surface area (Å²) in [4.78, 5) is -0.563. The number of rotatable bonds is 6. The highest BCUT2D eigenvalue weighted by Crippen LogP contribution is 2.23. The maximum Gasteiger partial charge on any atom is 0.244 e. The lowest BCUT2D eigenvalue weighted by Gasteiger charge is -2.16. The number of hydrogen-bond acceptors (Lipinski definition) is 2. The van der Waals surface area contributed by atoms with E-state index in [0.717, 1.165) is 24.1 Å². The Hall–Kier alpha value is -1.79. The van der Waals surface area contributed by atoms with Crippen LogP contribution >= 0.6 is 0 Å². The molecule has 24 heavy (non-hydrogen) atoms. The summed E-state index contributed by atoms with van der Waals surface area (Å²) in [5.41, 5.74) is 1.95. The summed E-state index contributed by atoms with van der Waals surface area (Å²) in [6.07, 6.45) is 1.02. The summed E-state index contributed by atoms with van der Waals surface area (Å²) in [5.74, 6) is -1.50. The third-order valence-corrected chi connectivity index (χ3v) is 5.71. The van der Waals surface area contributed by atoms with Crippen LogP contribution in [-0.4, -0.2) is 8.42 Å². The molecule has 0 amide bonds. The summed E-state index contributed by atoms with van der Waals surface area (Å²) in [6.45, 7) is 5.91. The van der Waals surface area contributed by atoms with Crippen LogP contribution in [0.4, 0.5) is 8.78 Å². The average molecular weight is 353 g/mol. The molecular weight excluding hydrogens is 332 g/mol. The Balaban J connectivity index is 2.20. The quantitative estimate of drug-likeness (QED) is 0.830. The standard InChI is InChI=1S/C18H21F2NO2S/c1-4-12(2)14-5-7-15(8-6-14)13(3)21-24(22,23)18-10-9-16(19)11-17(18)20/h5-13,21H,4H2,1-3H3. The molecule has 2 unspecified atom stereocenters. The molecule has 1 N–H and O–H groups in total. The molecule has 0 spiro atoms. The molecule has 0 fully saturated rings. The fourth-order valence-corrected chi connectivity index (χ4v) is 3.70. The first-order chi connectivity index (χ1) is 11.2. The van der Waals surface area contributed by atoms with E-state index in [1.54, 1.807) is 6.92 Å². The van der Waals surface area contributed by atoms with Crippen molar-refractivity contribution in [2.24, 2.45) is 0 Å². The second-order valence-electron chi connectivity index (χ2n) is 5.89. The van der Waals surface area contributed by atoms with E-state index < -0.39 is 32.6 Å². The SMILES string of the molecule is CCC(C)c1ccc(C(C)NS(=O)(=O)c2ccc(F)cc2F)cc1. The van der Waals surface area contributed by atoms with Crippen molar-refractivity contribution in [3.8, 4) is 0 Å². The first-order valence-corrected chi connectivity index (χ1v) is 9.30. The van der Waals surface area contributed by atoms with Gasteiger partial charge in [0, 0.05) is 12.1 Å². The summed E-state index contributed by atoms with van der Waals surface area (Å²) in [7, 11) is -4.08. The van der Waals surface area contributed by atoms with Gasteiger partial charge in [-0.05, 0) is 42.5 Å². The van der Waals surface area contributed by atoms with Gasteiger partial charge in [-0.25, -0.2) is 21.9 Å². The Morgan fingerprint density at radius 1 is 1.00 bits per heavy atom. The van der Waals surface area contributed by atoms with Crippen LogP contribution in [-0.2, 0) is 10.0 Å². The van der Waals surface area contributed by atoms with Crippen LogP contribution in [0.1, 0.15) is 50.3 Å². The Morgan fingerprint density at radius 3 is 2.12 bits per heavy atom. The molecule has 3 nitrogen and oxygen atoms in total. The summed E-state index contributed by atoms with van der Waals surface area (Å²) in [5, 5.41) is 0. The molecule has 2 aromatic carbocycles. The third-order valence-electron chi connectivity index (χ3n) is 4.13. The van der Waals surface area contributed by atoms with Crippen LogP contribution in [0.15, 0.2) is 47.4 Å². The van der Waals surface area contributed by atoms with Crippen molar-refractivity contribution in [3.63, 3.8) is 0 Å². The van der Waals surface area contributed by atoms with E-state index >= 15 is 0 Å². The first kappa shape index (κ1) is 18.5. The number of hydrogen-bond donors (Lipinski definition) is 1. The predicted octanol–water partition coefficient (Wildman–Crippen LogP) is 4.52. The molecule has 130 valence electrons. The Kier molecular flexibility index (Phi) is 5.72. The second-order valence-corrected chi connectivity index (χ2v) is 7.58. The Morgan fingerprint density at radius 2 is 1.58 bits per heavy atom. The van der Waals surface area contributed by atoms with Crippen molar-refractivity contribution in [3.05, 3.63) is 65.2 Å². The first-order valence-electron chi connectivity index (χ1n) is 7.82. The minimum absolute atomic E-state index is 0.430. The predicted molar refractivity (Wildman–Crippen MR) is 90.2 cm³/mol. The summed E-state index contributed by atoms with van der Waals surface area (Å²) < 4.78 is 53.7. The normalized spacial score (nSPS) is 14.4. The molecule has 0 aliphatic heterocycles. The number of sulfonamides is 1. The van der Waals surface area contributed by atoms with Crippen molar-refractivity contribution in [2.75, 3.05) is 0 Å². The van der Waals surface area contributed by atoms with Gasteiger partial charge in [-0.15, -0.1) is 0 Å². The molecule has 0 saturated heterocycles. The zero-order valence-corrected chi connectivity index (χ0v) is 14.7. The van der Waals surface area contributed by atoms with Crippen LogP contribution in [0, 0.1) is 11.6 Å². The van der Waals surface area contributed by atoms with E-state index in [2.05, 4.69) is 18.6 Å². The van der Waals surface area contributed by atoms with Gasteiger partial charge < -0.3 is 0 Å². The van der Waals surface area contributed by atoms with Crippen LogP contribution in [0.5, 0.6) is 0 Å². The molecule has 2 atom stereocenters. The Labute approximate surface area is 141 Å². The lowest BCUT2D eigenvalue weighted by Crippen LogP contribution is -2.27. The topological polar surface area (TPSA) is 46.2 Å². The van der Waals surface area contributed by atoms with E-state index in [-0.39, 0.29) is 0 Å². The van der Waals surface area contributed by atoms with Gasteiger partial charge >= 0.3 is 0 Å². The lowest BCUT2D eigenvalue weighted by molar-refractivity contribution is 0.536. The van der Waals surface area contributed by atoms with Crippen LogP contribution in [0.3, 0.4) is 0 Å². The molecule has 0 aliphatic rings. The van der Waals surface area contributed by atoms with Gasteiger partial charge in [0.2, 0.25) is 10.0 Å². The molecule has 0 aliphatic carbocycles. The summed E-state index contributed by atoms with van der Waals surface area (Å²) in [6, 6.07) is 9.51. The van der Waals surface area contributed by atoms with E-state index in [4.69, 9.17) is 0 Å². The molecule has 6 heteroatoms. The van der Waals surface area contributed by atoms with E-state index in [0.29, 0.717) is 12.0 Å². The fourth-order valence-electron chi connectivity index (χ4n) is 2.41. The van der Waals surface area contributed by atoms with Crippen LogP contribution in [0.2, 0.25) is 0 Å². The minimum atomic E-state index is -4.08. The molecule has 0 aromatic heterocycles. The molecule has 0 saturated carbocycles. The zero-order chi connectivity index (χ0) is 17.9. The highest BCUT2D eigenvalue weighted by Gasteiger charge is 2.22. The molecule has 2 aromatic rings. The number of benzene rings is 2. The largest absolute Gasteiger partial charge is 0.244 e. The van der Waals surface area contributed by atoms with E-state index in [1.165, 1.54) is 5.56 Å². The fraction of sp³-hybridized carbons (Fsp3) is 0.333. The van der Waals surface area contributed by atoms with Crippen molar-refractivity contribution in [2.45, 2.75) is 44.0 Å².